The second-order valence-electron chi connectivity index (χ2n) is 9.11. The number of hydrogen-bond donors (Lipinski definition) is 2. The molecule has 2 aliphatic heterocycles. The predicted molar refractivity (Wildman–Crippen MR) is 131 cm³/mol. The van der Waals surface area contributed by atoms with Gasteiger partial charge in [-0.25, -0.2) is 9.78 Å². The largest absolute Gasteiger partial charge is 0.496 e. The number of hydrogen-bond acceptors (Lipinski definition) is 7. The van der Waals surface area contributed by atoms with E-state index >= 15 is 0 Å². The SMILES string of the molecule is COc1cc2c(cc1C(=O)Nc1cccc(-c3nncn3[C@H](C)CO)n1)CN(C(=O)N1CCCC1)C2. The van der Waals surface area contributed by atoms with Gasteiger partial charge >= 0.3 is 6.03 Å². The number of likely N-dealkylation sites (tertiary alicyclic amines) is 1. The molecule has 0 aliphatic carbocycles. The van der Waals surface area contributed by atoms with Crippen molar-refractivity contribution in [2.75, 3.05) is 32.1 Å². The fourth-order valence-electron chi connectivity index (χ4n) is 4.67. The molecule has 11 heteroatoms. The maximum absolute atomic E-state index is 13.3. The first-order valence-electron chi connectivity index (χ1n) is 12.0. The topological polar surface area (TPSA) is 126 Å². The lowest BCUT2D eigenvalue weighted by molar-refractivity contribution is 0.102. The van der Waals surface area contributed by atoms with Gasteiger partial charge in [0.05, 0.1) is 25.3 Å². The number of benzene rings is 1. The average molecular weight is 492 g/mol. The predicted octanol–water partition coefficient (Wildman–Crippen LogP) is 2.69. The van der Waals surface area contributed by atoms with Crippen LogP contribution in [0.1, 0.15) is 47.3 Å². The quantitative estimate of drug-likeness (QED) is 0.543. The molecule has 3 aromatic rings. The molecular formula is C25H29N7O4. The van der Waals surface area contributed by atoms with Crippen LogP contribution in [0.2, 0.25) is 0 Å². The molecule has 1 aromatic carbocycles. The molecule has 36 heavy (non-hydrogen) atoms. The van der Waals surface area contributed by atoms with E-state index < -0.39 is 0 Å². The van der Waals surface area contributed by atoms with Crippen molar-refractivity contribution in [1.82, 2.24) is 29.5 Å². The fourth-order valence-corrected chi connectivity index (χ4v) is 4.67. The van der Waals surface area contributed by atoms with Crippen molar-refractivity contribution in [3.63, 3.8) is 0 Å². The van der Waals surface area contributed by atoms with E-state index in [1.165, 1.54) is 13.4 Å². The van der Waals surface area contributed by atoms with Gasteiger partial charge in [0.15, 0.2) is 5.82 Å². The van der Waals surface area contributed by atoms with Crippen LogP contribution in [0.5, 0.6) is 5.75 Å². The Morgan fingerprint density at radius 2 is 1.89 bits per heavy atom. The van der Waals surface area contributed by atoms with Gasteiger partial charge in [0.25, 0.3) is 5.91 Å². The molecule has 0 unspecified atom stereocenters. The lowest BCUT2D eigenvalue weighted by atomic mass is 10.0. The zero-order valence-corrected chi connectivity index (χ0v) is 20.3. The number of carbonyl (C=O) groups is 2. The van der Waals surface area contributed by atoms with Gasteiger partial charge in [-0.1, -0.05) is 6.07 Å². The maximum Gasteiger partial charge on any atom is 0.320 e. The molecule has 3 amide bonds. The number of rotatable bonds is 6. The van der Waals surface area contributed by atoms with E-state index in [9.17, 15) is 14.7 Å². The zero-order chi connectivity index (χ0) is 25.2. The first kappa shape index (κ1) is 23.7. The number of pyridine rings is 1. The molecule has 1 fully saturated rings. The molecule has 2 aromatic heterocycles. The molecule has 0 radical (unpaired) electrons. The van der Waals surface area contributed by atoms with Crippen LogP contribution in [0.15, 0.2) is 36.7 Å². The summed E-state index contributed by atoms with van der Waals surface area (Å²) in [6.07, 6.45) is 3.62. The smallest absolute Gasteiger partial charge is 0.320 e. The standard InChI is InChI=1S/C25H29N7O4/c1-16(14-33)32-15-26-29-23(32)20-6-5-7-22(27-20)28-24(34)19-10-17-12-31(13-18(17)11-21(19)36-2)25(35)30-8-3-4-9-30/h5-7,10-11,15-16,33H,3-4,8-9,12-14H2,1-2H3,(H,27,28,34)/t16-/m1/s1. The Morgan fingerprint density at radius 3 is 2.61 bits per heavy atom. The first-order chi connectivity index (χ1) is 17.5. The highest BCUT2D eigenvalue weighted by atomic mass is 16.5. The van der Waals surface area contributed by atoms with Crippen LogP contribution in [0.25, 0.3) is 11.5 Å². The second kappa shape index (κ2) is 9.94. The van der Waals surface area contributed by atoms with Gasteiger partial charge in [0, 0.05) is 26.2 Å². The van der Waals surface area contributed by atoms with E-state index in [-0.39, 0.29) is 24.6 Å². The van der Waals surface area contributed by atoms with Crippen LogP contribution in [0.4, 0.5) is 10.6 Å². The number of ether oxygens (including phenoxy) is 1. The average Bonchev–Trinajstić information content (AvgIpc) is 3.67. The van der Waals surface area contributed by atoms with Gasteiger partial charge in [-0.15, -0.1) is 10.2 Å². The second-order valence-corrected chi connectivity index (χ2v) is 9.11. The molecule has 1 saturated heterocycles. The van der Waals surface area contributed by atoms with Crippen molar-refractivity contribution in [3.8, 4) is 17.3 Å². The van der Waals surface area contributed by atoms with Crippen LogP contribution in [0, 0.1) is 0 Å². The highest BCUT2D eigenvalue weighted by Gasteiger charge is 2.30. The summed E-state index contributed by atoms with van der Waals surface area (Å²) in [7, 11) is 1.52. The highest BCUT2D eigenvalue weighted by Crippen LogP contribution is 2.32. The molecule has 0 spiro atoms. The van der Waals surface area contributed by atoms with Crippen LogP contribution in [0.3, 0.4) is 0 Å². The van der Waals surface area contributed by atoms with E-state index in [1.807, 2.05) is 22.8 Å². The number of fused-ring (bicyclic) bond motifs is 1. The van der Waals surface area contributed by atoms with Crippen molar-refractivity contribution in [1.29, 1.82) is 0 Å². The number of anilines is 1. The summed E-state index contributed by atoms with van der Waals surface area (Å²) >= 11 is 0. The van der Waals surface area contributed by atoms with E-state index in [4.69, 9.17) is 4.74 Å². The van der Waals surface area contributed by atoms with Crippen molar-refractivity contribution in [2.24, 2.45) is 0 Å². The lowest BCUT2D eigenvalue weighted by Crippen LogP contribution is -2.38. The Hall–Kier alpha value is -3.99. The third kappa shape index (κ3) is 4.49. The monoisotopic (exact) mass is 491 g/mol. The number of aromatic nitrogens is 4. The molecule has 4 heterocycles. The van der Waals surface area contributed by atoms with E-state index in [0.29, 0.717) is 41.7 Å². The number of urea groups is 1. The van der Waals surface area contributed by atoms with Gasteiger partial charge in [-0.2, -0.15) is 0 Å². The lowest BCUT2D eigenvalue weighted by Gasteiger charge is -2.23. The molecule has 0 bridgehead atoms. The number of aliphatic hydroxyl groups is 1. The van der Waals surface area contributed by atoms with Gasteiger partial charge in [0.1, 0.15) is 23.6 Å². The van der Waals surface area contributed by atoms with Crippen molar-refractivity contribution in [2.45, 2.75) is 38.9 Å². The minimum Gasteiger partial charge on any atom is -0.496 e. The molecule has 2 aliphatic rings. The Kier molecular flexibility index (Phi) is 6.55. The fraction of sp³-hybridized carbons (Fsp3) is 0.400. The molecule has 188 valence electrons. The molecule has 1 atom stereocenters. The minimum absolute atomic E-state index is 0.0399. The third-order valence-corrected chi connectivity index (χ3v) is 6.67. The van der Waals surface area contributed by atoms with E-state index in [1.54, 1.807) is 28.8 Å². The third-order valence-electron chi connectivity index (χ3n) is 6.67. The Bertz CT molecular complexity index is 1290. The van der Waals surface area contributed by atoms with Crippen LogP contribution in [-0.4, -0.2) is 73.4 Å². The summed E-state index contributed by atoms with van der Waals surface area (Å²) in [5.41, 5.74) is 2.80. The van der Waals surface area contributed by atoms with Crippen molar-refractivity contribution in [3.05, 3.63) is 53.3 Å². The zero-order valence-electron chi connectivity index (χ0n) is 20.3. The molecule has 0 saturated carbocycles. The van der Waals surface area contributed by atoms with E-state index in [0.717, 1.165) is 37.1 Å². The van der Waals surface area contributed by atoms with Crippen LogP contribution in [-0.2, 0) is 13.1 Å². The molecule has 2 N–H and O–H groups in total. The van der Waals surface area contributed by atoms with Crippen molar-refractivity contribution < 1.29 is 19.4 Å². The highest BCUT2D eigenvalue weighted by molar-refractivity contribution is 6.06. The summed E-state index contributed by atoms with van der Waals surface area (Å²) in [4.78, 5) is 34.3. The molecular weight excluding hydrogens is 462 g/mol. The summed E-state index contributed by atoms with van der Waals surface area (Å²) < 4.78 is 7.25. The summed E-state index contributed by atoms with van der Waals surface area (Å²) in [5.74, 6) is 0.908. The van der Waals surface area contributed by atoms with Gasteiger partial charge in [-0.05, 0) is 55.2 Å². The molecule has 5 rings (SSSR count). The van der Waals surface area contributed by atoms with Crippen molar-refractivity contribution >= 4 is 17.8 Å². The summed E-state index contributed by atoms with van der Waals surface area (Å²) in [6, 6.07) is 8.67. The number of aliphatic hydroxyl groups excluding tert-OH is 1. The summed E-state index contributed by atoms with van der Waals surface area (Å²) in [6.45, 7) is 4.33. The minimum atomic E-state index is -0.367. The molecule has 11 nitrogen and oxygen atoms in total. The van der Waals surface area contributed by atoms with Crippen LogP contribution >= 0.6 is 0 Å². The normalized spacial score (nSPS) is 15.6. The summed E-state index contributed by atoms with van der Waals surface area (Å²) in [5, 5.41) is 20.4. The number of methoxy groups -OCH3 is 1. The first-order valence-corrected chi connectivity index (χ1v) is 12.0. The van der Waals surface area contributed by atoms with Crippen LogP contribution < -0.4 is 10.1 Å². The van der Waals surface area contributed by atoms with Gasteiger partial charge in [-0.3, -0.25) is 4.79 Å². The van der Waals surface area contributed by atoms with Gasteiger partial charge < -0.3 is 29.5 Å². The number of carbonyl (C=O) groups excluding carboxylic acids is 2. The Balaban J connectivity index is 1.35. The van der Waals surface area contributed by atoms with Gasteiger partial charge in [0.2, 0.25) is 0 Å². The van der Waals surface area contributed by atoms with E-state index in [2.05, 4.69) is 20.5 Å². The Morgan fingerprint density at radius 1 is 1.14 bits per heavy atom. The number of nitrogens with one attached hydrogen (secondary N) is 1. The number of amides is 3. The Labute approximate surface area is 208 Å². The maximum atomic E-state index is 13.3. The number of nitrogens with zero attached hydrogens (tertiary/aromatic N) is 6.